The highest BCUT2D eigenvalue weighted by Gasteiger charge is 2.03. The van der Waals surface area contributed by atoms with Crippen molar-refractivity contribution in [3.8, 4) is 0 Å². The fourth-order valence-corrected chi connectivity index (χ4v) is 2.96. The average molecular weight is 372 g/mol. The average Bonchev–Trinajstić information content (AvgIpc) is 2.60. The zero-order valence-corrected chi connectivity index (χ0v) is 15.3. The van der Waals surface area contributed by atoms with Crippen LogP contribution >= 0.6 is 23.8 Å². The predicted molar refractivity (Wildman–Crippen MR) is 109 cm³/mol. The molecule has 4 nitrogen and oxygen atoms in total. The third-order valence-corrected chi connectivity index (χ3v) is 4.49. The lowest BCUT2D eigenvalue weighted by molar-refractivity contribution is 0.873. The molecule has 3 rings (SSSR count). The topological polar surface area (TPSA) is 46.1 Å². The van der Waals surface area contributed by atoms with E-state index in [1.54, 1.807) is 17.7 Å². The summed E-state index contributed by atoms with van der Waals surface area (Å²) in [4.78, 5) is 11.7. The summed E-state index contributed by atoms with van der Waals surface area (Å²) in [5.74, 6) is 0. The van der Waals surface area contributed by atoms with E-state index in [-0.39, 0.29) is 5.56 Å². The van der Waals surface area contributed by atoms with E-state index < -0.39 is 0 Å². The second kappa shape index (κ2) is 7.68. The number of hydrogen-bond donors (Lipinski definition) is 2. The molecule has 0 saturated carbocycles. The van der Waals surface area contributed by atoms with Gasteiger partial charge >= 0.3 is 0 Å². The largest absolute Gasteiger partial charge is 0.362 e. The Labute approximate surface area is 156 Å². The second-order valence-corrected chi connectivity index (χ2v) is 6.61. The molecule has 0 atom stereocenters. The van der Waals surface area contributed by atoms with Crippen molar-refractivity contribution in [2.45, 2.75) is 6.42 Å². The predicted octanol–water partition coefficient (Wildman–Crippen LogP) is 3.72. The monoisotopic (exact) mass is 371 g/mol. The third kappa shape index (κ3) is 4.38. The number of nitrogens with one attached hydrogen (secondary N) is 2. The number of rotatable bonds is 4. The zero-order chi connectivity index (χ0) is 17.8. The van der Waals surface area contributed by atoms with E-state index in [0.717, 1.165) is 34.6 Å². The first-order valence-electron chi connectivity index (χ1n) is 7.92. The number of anilines is 1. The van der Waals surface area contributed by atoms with Gasteiger partial charge in [-0.2, -0.15) is 0 Å². The number of aryl methyl sites for hydroxylation is 1. The van der Waals surface area contributed by atoms with Crippen molar-refractivity contribution >= 4 is 45.5 Å². The maximum absolute atomic E-state index is 11.7. The number of thiocarbonyl (C=S) groups is 1. The van der Waals surface area contributed by atoms with E-state index in [2.05, 4.69) is 10.6 Å². The number of aromatic nitrogens is 1. The van der Waals surface area contributed by atoms with E-state index in [0.29, 0.717) is 5.11 Å². The van der Waals surface area contributed by atoms with E-state index in [4.69, 9.17) is 23.8 Å². The minimum atomic E-state index is -0.0207. The number of halogens is 1. The van der Waals surface area contributed by atoms with Gasteiger partial charge in [-0.3, -0.25) is 4.79 Å². The van der Waals surface area contributed by atoms with Crippen LogP contribution < -0.4 is 16.2 Å². The van der Waals surface area contributed by atoms with Crippen LogP contribution in [0.1, 0.15) is 5.56 Å². The summed E-state index contributed by atoms with van der Waals surface area (Å²) in [6.07, 6.45) is 0.860. The molecular formula is C19H18ClN3OS. The number of nitrogens with zero attached hydrogens (tertiary/aromatic N) is 1. The summed E-state index contributed by atoms with van der Waals surface area (Å²) < 4.78 is 1.63. The first kappa shape index (κ1) is 17.5. The molecule has 0 unspecified atom stereocenters. The van der Waals surface area contributed by atoms with Crippen molar-refractivity contribution in [3.05, 3.63) is 75.5 Å². The molecule has 0 spiro atoms. The minimum Gasteiger partial charge on any atom is -0.362 e. The number of benzene rings is 2. The molecule has 0 fully saturated rings. The highest BCUT2D eigenvalue weighted by molar-refractivity contribution is 7.80. The standard InChI is InChI=1S/C19H18ClN3OS/c1-23-17-8-7-16(12-14(17)4-9-18(23)24)22-19(25)21-11-10-13-2-5-15(20)6-3-13/h2-9,12H,10-11H2,1H3,(H2,21,22,25). The van der Waals surface area contributed by atoms with Gasteiger partial charge < -0.3 is 15.2 Å². The van der Waals surface area contributed by atoms with Gasteiger partial charge in [0.25, 0.3) is 5.56 Å². The van der Waals surface area contributed by atoms with Crippen molar-refractivity contribution in [3.63, 3.8) is 0 Å². The van der Waals surface area contributed by atoms with Crippen LogP contribution in [0, 0.1) is 0 Å². The Hall–Kier alpha value is -2.37. The fourth-order valence-electron chi connectivity index (χ4n) is 2.61. The summed E-state index contributed by atoms with van der Waals surface area (Å²) in [6, 6.07) is 17.0. The molecular weight excluding hydrogens is 354 g/mol. The Morgan fingerprint density at radius 1 is 1.12 bits per heavy atom. The quantitative estimate of drug-likeness (QED) is 0.686. The molecule has 0 radical (unpaired) electrons. The van der Waals surface area contributed by atoms with E-state index in [1.807, 2.05) is 48.5 Å². The number of pyridine rings is 1. The van der Waals surface area contributed by atoms with Crippen LogP contribution in [0.2, 0.25) is 5.02 Å². The first-order chi connectivity index (χ1) is 12.0. The van der Waals surface area contributed by atoms with Gasteiger partial charge in [0.2, 0.25) is 0 Å². The van der Waals surface area contributed by atoms with Crippen LogP contribution in [0.15, 0.2) is 59.4 Å². The Morgan fingerprint density at radius 3 is 2.64 bits per heavy atom. The van der Waals surface area contributed by atoms with E-state index in [9.17, 15) is 4.79 Å². The summed E-state index contributed by atoms with van der Waals surface area (Å²) in [6.45, 7) is 0.732. The summed E-state index contributed by atoms with van der Waals surface area (Å²) in [5.41, 5.74) is 2.95. The molecule has 2 aromatic carbocycles. The molecule has 2 N–H and O–H groups in total. The highest BCUT2D eigenvalue weighted by atomic mass is 35.5. The normalized spacial score (nSPS) is 10.6. The van der Waals surface area contributed by atoms with Crippen molar-refractivity contribution in [1.29, 1.82) is 0 Å². The Balaban J connectivity index is 1.59. The van der Waals surface area contributed by atoms with Crippen LogP contribution in [-0.4, -0.2) is 16.2 Å². The van der Waals surface area contributed by atoms with Crippen molar-refractivity contribution in [1.82, 2.24) is 9.88 Å². The van der Waals surface area contributed by atoms with E-state index in [1.165, 1.54) is 5.56 Å². The Kier molecular flexibility index (Phi) is 5.36. The van der Waals surface area contributed by atoms with Crippen LogP contribution in [0.4, 0.5) is 5.69 Å². The van der Waals surface area contributed by atoms with Gasteiger partial charge in [-0.25, -0.2) is 0 Å². The molecule has 25 heavy (non-hydrogen) atoms. The lowest BCUT2D eigenvalue weighted by Gasteiger charge is -2.12. The van der Waals surface area contributed by atoms with Gasteiger partial charge in [0.15, 0.2) is 5.11 Å². The van der Waals surface area contributed by atoms with Crippen molar-refractivity contribution < 1.29 is 0 Å². The summed E-state index contributed by atoms with van der Waals surface area (Å²) in [5, 5.41) is 8.66. The smallest absolute Gasteiger partial charge is 0.250 e. The maximum atomic E-state index is 11.7. The maximum Gasteiger partial charge on any atom is 0.250 e. The molecule has 0 saturated heterocycles. The third-order valence-electron chi connectivity index (χ3n) is 4.00. The molecule has 0 amide bonds. The van der Waals surface area contributed by atoms with Crippen LogP contribution in [-0.2, 0) is 13.5 Å². The molecule has 128 valence electrons. The van der Waals surface area contributed by atoms with Gasteiger partial charge in [-0.15, -0.1) is 0 Å². The number of hydrogen-bond acceptors (Lipinski definition) is 2. The van der Waals surface area contributed by atoms with Crippen LogP contribution in [0.25, 0.3) is 10.9 Å². The minimum absolute atomic E-state index is 0.0207. The molecule has 1 aromatic heterocycles. The molecule has 3 aromatic rings. The second-order valence-electron chi connectivity index (χ2n) is 5.76. The number of fused-ring (bicyclic) bond motifs is 1. The molecule has 0 aliphatic carbocycles. The van der Waals surface area contributed by atoms with E-state index >= 15 is 0 Å². The Morgan fingerprint density at radius 2 is 1.88 bits per heavy atom. The summed E-state index contributed by atoms with van der Waals surface area (Å²) >= 11 is 11.2. The zero-order valence-electron chi connectivity index (χ0n) is 13.8. The Bertz CT molecular complexity index is 967. The molecule has 0 aliphatic rings. The highest BCUT2D eigenvalue weighted by Crippen LogP contribution is 2.17. The van der Waals surface area contributed by atoms with Gasteiger partial charge in [-0.05, 0) is 60.6 Å². The lowest BCUT2D eigenvalue weighted by atomic mass is 10.1. The van der Waals surface area contributed by atoms with Crippen molar-refractivity contribution in [2.75, 3.05) is 11.9 Å². The van der Waals surface area contributed by atoms with Gasteiger partial charge in [0.1, 0.15) is 0 Å². The van der Waals surface area contributed by atoms with Crippen molar-refractivity contribution in [2.24, 2.45) is 7.05 Å². The SMILES string of the molecule is Cn1c(=O)ccc2cc(NC(=S)NCCc3ccc(Cl)cc3)ccc21. The lowest BCUT2D eigenvalue weighted by Crippen LogP contribution is -2.30. The molecule has 1 heterocycles. The van der Waals surface area contributed by atoms with Gasteiger partial charge in [-0.1, -0.05) is 23.7 Å². The molecule has 6 heteroatoms. The fraction of sp³-hybridized carbons (Fsp3) is 0.158. The van der Waals surface area contributed by atoms with Crippen LogP contribution in [0.5, 0.6) is 0 Å². The van der Waals surface area contributed by atoms with Gasteiger partial charge in [0, 0.05) is 35.8 Å². The molecule has 0 aliphatic heterocycles. The van der Waals surface area contributed by atoms with Crippen LogP contribution in [0.3, 0.4) is 0 Å². The first-order valence-corrected chi connectivity index (χ1v) is 8.71. The summed E-state index contributed by atoms with van der Waals surface area (Å²) in [7, 11) is 1.76. The van der Waals surface area contributed by atoms with Gasteiger partial charge in [0.05, 0.1) is 5.52 Å². The molecule has 0 bridgehead atoms.